The zero-order valence-electron chi connectivity index (χ0n) is 9.24. The van der Waals surface area contributed by atoms with Gasteiger partial charge in [0.15, 0.2) is 0 Å². The van der Waals surface area contributed by atoms with E-state index in [0.29, 0.717) is 5.56 Å². The molecule has 1 aromatic carbocycles. The Bertz CT molecular complexity index is 424. The van der Waals surface area contributed by atoms with Crippen molar-refractivity contribution < 1.29 is 13.7 Å². The van der Waals surface area contributed by atoms with E-state index >= 15 is 0 Å². The van der Waals surface area contributed by atoms with Crippen LogP contribution in [0.4, 0.5) is 20.2 Å². The highest BCUT2D eigenvalue weighted by Crippen LogP contribution is 2.28. The van der Waals surface area contributed by atoms with Crippen LogP contribution in [0, 0.1) is 17.0 Å². The van der Waals surface area contributed by atoms with Gasteiger partial charge in [-0.1, -0.05) is 12.1 Å². The SMILES string of the molecule is Cc1cccc([N+](=O)[O-])c1NCC(F)(F)CN. The minimum Gasteiger partial charge on any atom is -0.373 e. The van der Waals surface area contributed by atoms with Gasteiger partial charge in [-0.3, -0.25) is 10.1 Å². The second-order valence-corrected chi connectivity index (χ2v) is 3.64. The molecule has 0 radical (unpaired) electrons. The summed E-state index contributed by atoms with van der Waals surface area (Å²) < 4.78 is 25.9. The molecule has 0 saturated carbocycles. The van der Waals surface area contributed by atoms with Gasteiger partial charge in [0.25, 0.3) is 11.6 Å². The van der Waals surface area contributed by atoms with Crippen molar-refractivity contribution >= 4 is 11.4 Å². The van der Waals surface area contributed by atoms with E-state index in [1.807, 2.05) is 0 Å². The molecule has 5 nitrogen and oxygen atoms in total. The predicted octanol–water partition coefficient (Wildman–Crippen LogP) is 1.91. The fraction of sp³-hybridized carbons (Fsp3) is 0.400. The van der Waals surface area contributed by atoms with Crippen LogP contribution in [-0.4, -0.2) is 23.9 Å². The topological polar surface area (TPSA) is 81.2 Å². The second kappa shape index (κ2) is 5.05. The van der Waals surface area contributed by atoms with E-state index in [4.69, 9.17) is 5.73 Å². The molecule has 0 aliphatic rings. The number of alkyl halides is 2. The van der Waals surface area contributed by atoms with Crippen molar-refractivity contribution in [3.05, 3.63) is 33.9 Å². The summed E-state index contributed by atoms with van der Waals surface area (Å²) >= 11 is 0. The van der Waals surface area contributed by atoms with E-state index in [1.165, 1.54) is 12.1 Å². The Kier molecular flexibility index (Phi) is 3.95. The monoisotopic (exact) mass is 245 g/mol. The summed E-state index contributed by atoms with van der Waals surface area (Å²) in [5.41, 5.74) is 5.29. The van der Waals surface area contributed by atoms with Crippen LogP contribution in [-0.2, 0) is 0 Å². The van der Waals surface area contributed by atoms with Gasteiger partial charge in [0, 0.05) is 6.07 Å². The van der Waals surface area contributed by atoms with Gasteiger partial charge in [-0.2, -0.15) is 0 Å². The van der Waals surface area contributed by atoms with Gasteiger partial charge in [0.05, 0.1) is 18.0 Å². The van der Waals surface area contributed by atoms with Crippen LogP contribution in [0.2, 0.25) is 0 Å². The number of anilines is 1. The van der Waals surface area contributed by atoms with Crippen LogP contribution in [0.5, 0.6) is 0 Å². The standard InChI is InChI=1S/C10H13F2N3O2/c1-7-3-2-4-8(15(16)17)9(7)14-6-10(11,12)5-13/h2-4,14H,5-6,13H2,1H3. The van der Waals surface area contributed by atoms with Crippen molar-refractivity contribution in [2.45, 2.75) is 12.8 Å². The lowest BCUT2D eigenvalue weighted by molar-refractivity contribution is -0.384. The number of aryl methyl sites for hydroxylation is 1. The molecular weight excluding hydrogens is 232 g/mol. The summed E-state index contributed by atoms with van der Waals surface area (Å²) in [6.45, 7) is 0.0742. The normalized spacial score (nSPS) is 11.3. The molecule has 0 heterocycles. The van der Waals surface area contributed by atoms with Crippen molar-refractivity contribution in [2.24, 2.45) is 5.73 Å². The molecular formula is C10H13F2N3O2. The highest BCUT2D eigenvalue weighted by Gasteiger charge is 2.28. The summed E-state index contributed by atoms with van der Waals surface area (Å²) in [4.78, 5) is 10.1. The molecule has 0 amide bonds. The number of para-hydroxylation sites is 1. The van der Waals surface area contributed by atoms with Gasteiger partial charge in [0.2, 0.25) is 0 Å². The molecule has 0 unspecified atom stereocenters. The number of hydrogen-bond acceptors (Lipinski definition) is 4. The number of nitro benzene ring substituents is 1. The molecule has 0 bridgehead atoms. The third kappa shape index (κ3) is 3.35. The largest absolute Gasteiger partial charge is 0.373 e. The van der Waals surface area contributed by atoms with E-state index in [9.17, 15) is 18.9 Å². The smallest absolute Gasteiger partial charge is 0.292 e. The van der Waals surface area contributed by atoms with Crippen LogP contribution in [0.15, 0.2) is 18.2 Å². The molecule has 0 saturated heterocycles. The highest BCUT2D eigenvalue weighted by atomic mass is 19.3. The number of nitrogens with two attached hydrogens (primary N) is 1. The quantitative estimate of drug-likeness (QED) is 0.613. The number of nitrogens with one attached hydrogen (secondary N) is 1. The summed E-state index contributed by atoms with van der Waals surface area (Å²) in [5.74, 6) is -3.09. The van der Waals surface area contributed by atoms with Gasteiger partial charge < -0.3 is 11.1 Å². The Balaban J connectivity index is 2.94. The van der Waals surface area contributed by atoms with Gasteiger partial charge in [0.1, 0.15) is 5.69 Å². The average Bonchev–Trinajstić information content (AvgIpc) is 2.27. The first-order valence-electron chi connectivity index (χ1n) is 4.93. The number of hydrogen-bond donors (Lipinski definition) is 2. The Labute approximate surface area is 96.8 Å². The Morgan fingerprint density at radius 3 is 2.71 bits per heavy atom. The van der Waals surface area contributed by atoms with Crippen molar-refractivity contribution in [2.75, 3.05) is 18.4 Å². The van der Waals surface area contributed by atoms with Crippen molar-refractivity contribution in [1.82, 2.24) is 0 Å². The lowest BCUT2D eigenvalue weighted by Crippen LogP contribution is -2.35. The van der Waals surface area contributed by atoms with E-state index in [2.05, 4.69) is 5.32 Å². The number of nitrogens with zero attached hydrogens (tertiary/aromatic N) is 1. The molecule has 1 aromatic rings. The zero-order valence-corrected chi connectivity index (χ0v) is 9.24. The maximum Gasteiger partial charge on any atom is 0.292 e. The maximum absolute atomic E-state index is 12.9. The van der Waals surface area contributed by atoms with Gasteiger partial charge >= 0.3 is 0 Å². The molecule has 17 heavy (non-hydrogen) atoms. The fourth-order valence-electron chi connectivity index (χ4n) is 1.32. The maximum atomic E-state index is 12.9. The third-order valence-corrected chi connectivity index (χ3v) is 2.27. The van der Waals surface area contributed by atoms with Crippen molar-refractivity contribution in [1.29, 1.82) is 0 Å². The molecule has 0 spiro atoms. The summed E-state index contributed by atoms with van der Waals surface area (Å²) in [6.07, 6.45) is 0. The van der Waals surface area contributed by atoms with Crippen LogP contribution >= 0.6 is 0 Å². The van der Waals surface area contributed by atoms with Crippen molar-refractivity contribution in [3.63, 3.8) is 0 Å². The lowest BCUT2D eigenvalue weighted by Gasteiger charge is -2.16. The molecule has 3 N–H and O–H groups in total. The average molecular weight is 245 g/mol. The number of halogens is 2. The first kappa shape index (κ1) is 13.3. The predicted molar refractivity (Wildman–Crippen MR) is 60.3 cm³/mol. The Hall–Kier alpha value is -1.76. The summed E-state index contributed by atoms with van der Waals surface area (Å²) in [7, 11) is 0. The second-order valence-electron chi connectivity index (χ2n) is 3.64. The number of benzene rings is 1. The van der Waals surface area contributed by atoms with E-state index in [-0.39, 0.29) is 11.4 Å². The summed E-state index contributed by atoms with van der Waals surface area (Å²) in [6, 6.07) is 4.37. The summed E-state index contributed by atoms with van der Waals surface area (Å²) in [5, 5.41) is 13.1. The number of rotatable bonds is 5. The van der Waals surface area contributed by atoms with E-state index in [0.717, 1.165) is 0 Å². The molecule has 0 atom stereocenters. The Morgan fingerprint density at radius 2 is 2.18 bits per heavy atom. The first-order valence-corrected chi connectivity index (χ1v) is 4.93. The Morgan fingerprint density at radius 1 is 1.53 bits per heavy atom. The van der Waals surface area contributed by atoms with Crippen molar-refractivity contribution in [3.8, 4) is 0 Å². The van der Waals surface area contributed by atoms with E-state index < -0.39 is 23.9 Å². The zero-order chi connectivity index (χ0) is 13.1. The molecule has 0 aliphatic heterocycles. The minimum atomic E-state index is -3.09. The van der Waals surface area contributed by atoms with Gasteiger partial charge in [-0.25, -0.2) is 8.78 Å². The first-order chi connectivity index (χ1) is 7.87. The number of nitro groups is 1. The van der Waals surface area contributed by atoms with Crippen LogP contribution in [0.1, 0.15) is 5.56 Å². The van der Waals surface area contributed by atoms with Crippen LogP contribution in [0.3, 0.4) is 0 Å². The molecule has 0 fully saturated rings. The molecule has 94 valence electrons. The van der Waals surface area contributed by atoms with Gasteiger partial charge in [-0.05, 0) is 12.5 Å². The third-order valence-electron chi connectivity index (χ3n) is 2.27. The van der Waals surface area contributed by atoms with Gasteiger partial charge in [-0.15, -0.1) is 0 Å². The minimum absolute atomic E-state index is 0.102. The highest BCUT2D eigenvalue weighted by molar-refractivity contribution is 5.66. The fourth-order valence-corrected chi connectivity index (χ4v) is 1.32. The lowest BCUT2D eigenvalue weighted by atomic mass is 10.1. The molecule has 0 aliphatic carbocycles. The molecule has 0 aromatic heterocycles. The molecule has 7 heteroatoms. The van der Waals surface area contributed by atoms with Crippen LogP contribution in [0.25, 0.3) is 0 Å². The van der Waals surface area contributed by atoms with Crippen LogP contribution < -0.4 is 11.1 Å². The van der Waals surface area contributed by atoms with E-state index in [1.54, 1.807) is 13.0 Å². The molecule has 1 rings (SSSR count).